The molecule has 0 spiro atoms. The van der Waals surface area contributed by atoms with E-state index in [0.717, 1.165) is 16.7 Å². The van der Waals surface area contributed by atoms with E-state index in [1.165, 1.54) is 92.6 Å². The smallest absolute Gasteiger partial charge is 0.256 e. The Morgan fingerprint density at radius 3 is 1.33 bits per heavy atom. The van der Waals surface area contributed by atoms with Crippen LogP contribution in [-0.4, -0.2) is 257 Å². The molecule has 0 aliphatic carbocycles. The molecule has 522 valence electrons. The Morgan fingerprint density at radius 2 is 0.890 bits per heavy atom. The van der Waals surface area contributed by atoms with E-state index in [2.05, 4.69) is 21.3 Å². The summed E-state index contributed by atoms with van der Waals surface area (Å²) in [6.45, 7) is 30.5. The van der Waals surface area contributed by atoms with E-state index >= 15 is 28.8 Å². The van der Waals surface area contributed by atoms with Crippen molar-refractivity contribution in [3.63, 3.8) is 0 Å². The normalized spacial score (nSPS) is 26.8. The number of thioether (sulfide) groups is 1. The SMILES string of the molecule is C/C=C/C[C@@H](C)[C@@H](O)[C@H]1C(=O)N[C@@H](CC)C(=O)N(C)[C@@H](SCCN(C)C)C(=O)N(C)[C@@H](CC(C)C)C(=O)N[C@@H](C(C)C)C(=O)N(C)[C@@H](CC(C)C)C(=O)N[C@@H](C)C(=O)N[C@H](C)C(=O)N(C)[C@@H](CC(C)C)C(=O)N(C)[C@@H](CC(C)C)C(=O)N(C)[C@@H](C(C)C)C(=O)N1C. The molecule has 0 radical (unpaired) electrons. The van der Waals surface area contributed by atoms with E-state index < -0.39 is 155 Å². The average molecular weight is 1310 g/mol. The molecule has 1 aliphatic heterocycles. The number of rotatable bonds is 19. The van der Waals surface area contributed by atoms with Crippen molar-refractivity contribution in [2.45, 2.75) is 228 Å². The maximum atomic E-state index is 15.3. The van der Waals surface area contributed by atoms with Crippen LogP contribution in [0.1, 0.15) is 156 Å². The molecule has 1 rings (SSSR count). The summed E-state index contributed by atoms with van der Waals surface area (Å²) in [5.74, 6) is -9.46. The van der Waals surface area contributed by atoms with Crippen LogP contribution in [0.5, 0.6) is 0 Å². The minimum absolute atomic E-state index is 0.00411. The number of amides is 11. The van der Waals surface area contributed by atoms with Gasteiger partial charge in [0, 0.05) is 61.6 Å². The predicted octanol–water partition coefficient (Wildman–Crippen LogP) is 3.89. The van der Waals surface area contributed by atoms with Crippen molar-refractivity contribution < 1.29 is 57.8 Å². The molecule has 0 bridgehead atoms. The largest absolute Gasteiger partial charge is 0.390 e. The average Bonchev–Trinajstić information content (AvgIpc) is 0.906. The van der Waals surface area contributed by atoms with E-state index in [9.17, 15) is 29.1 Å². The summed E-state index contributed by atoms with van der Waals surface area (Å²) >= 11 is 1.16. The Kier molecular flexibility index (Phi) is 35.1. The van der Waals surface area contributed by atoms with Crippen molar-refractivity contribution >= 4 is 76.7 Å². The topological polar surface area (TPSA) is 282 Å². The molecule has 0 aromatic carbocycles. The highest BCUT2D eigenvalue weighted by atomic mass is 32.2. The van der Waals surface area contributed by atoms with Gasteiger partial charge < -0.3 is 65.6 Å². The quantitative estimate of drug-likeness (QED) is 0.115. The second-order valence-electron chi connectivity index (χ2n) is 27.8. The lowest BCUT2D eigenvalue weighted by molar-refractivity contribution is -0.157. The highest BCUT2D eigenvalue weighted by Gasteiger charge is 2.46. The first-order valence-electron chi connectivity index (χ1n) is 32.7. The van der Waals surface area contributed by atoms with Crippen molar-refractivity contribution in [2.24, 2.45) is 41.4 Å². The summed E-state index contributed by atoms with van der Waals surface area (Å²) < 4.78 is 0. The second kappa shape index (κ2) is 38.4. The lowest BCUT2D eigenvalue weighted by Gasteiger charge is -2.41. The number of allylic oxidation sites excluding steroid dienone is 2. The number of aliphatic hydroxyl groups excluding tert-OH is 1. The van der Waals surface area contributed by atoms with Crippen LogP contribution in [0.15, 0.2) is 12.2 Å². The lowest BCUT2D eigenvalue weighted by Crippen LogP contribution is -2.64. The molecule has 0 aromatic heterocycles. The van der Waals surface area contributed by atoms with Gasteiger partial charge in [-0.2, -0.15) is 0 Å². The molecule has 11 amide bonds. The summed E-state index contributed by atoms with van der Waals surface area (Å²) in [5, 5.41) is 22.2. The molecule has 1 fully saturated rings. The number of aliphatic hydroxyl groups is 1. The molecule has 0 saturated carbocycles. The van der Waals surface area contributed by atoms with Crippen LogP contribution in [0, 0.1) is 41.4 Å². The van der Waals surface area contributed by atoms with Crippen LogP contribution in [0.4, 0.5) is 0 Å². The first-order valence-corrected chi connectivity index (χ1v) is 33.7. The van der Waals surface area contributed by atoms with Gasteiger partial charge in [0.1, 0.15) is 60.4 Å². The number of hydrogen-bond donors (Lipinski definition) is 5. The minimum Gasteiger partial charge on any atom is -0.390 e. The molecule has 1 heterocycles. The Hall–Kier alpha value is -5.82. The van der Waals surface area contributed by atoms with Gasteiger partial charge >= 0.3 is 0 Å². The van der Waals surface area contributed by atoms with E-state index in [0.29, 0.717) is 18.7 Å². The summed E-state index contributed by atoms with van der Waals surface area (Å²) in [4.78, 5) is 174. The van der Waals surface area contributed by atoms with Crippen LogP contribution >= 0.6 is 11.8 Å². The zero-order valence-electron chi connectivity index (χ0n) is 60.2. The van der Waals surface area contributed by atoms with Crippen LogP contribution in [0.2, 0.25) is 0 Å². The molecule has 25 heteroatoms. The van der Waals surface area contributed by atoms with E-state index in [1.807, 2.05) is 87.4 Å². The highest BCUT2D eigenvalue weighted by molar-refractivity contribution is 8.00. The van der Waals surface area contributed by atoms with Gasteiger partial charge in [0.15, 0.2) is 5.37 Å². The van der Waals surface area contributed by atoms with Crippen LogP contribution in [0.25, 0.3) is 0 Å². The first kappa shape index (κ1) is 83.2. The second-order valence-corrected chi connectivity index (χ2v) is 29.0. The Balaban J connectivity index is 4.52. The Bertz CT molecular complexity index is 2480. The third-order valence-electron chi connectivity index (χ3n) is 17.0. The Labute approximate surface area is 550 Å². The minimum atomic E-state index is -1.63. The molecule has 5 N–H and O–H groups in total. The molecule has 13 atom stereocenters. The summed E-state index contributed by atoms with van der Waals surface area (Å²) in [5.41, 5.74) is 0. The van der Waals surface area contributed by atoms with Gasteiger partial charge in [-0.1, -0.05) is 109 Å². The highest BCUT2D eigenvalue weighted by Crippen LogP contribution is 2.27. The summed E-state index contributed by atoms with van der Waals surface area (Å²) in [6.07, 6.45) is 2.98. The summed E-state index contributed by atoms with van der Waals surface area (Å²) in [7, 11) is 13.8. The van der Waals surface area contributed by atoms with Crippen molar-refractivity contribution in [1.29, 1.82) is 0 Å². The number of likely N-dealkylation sites (N-methyl/N-ethyl adjacent to an activating group) is 7. The molecule has 91 heavy (non-hydrogen) atoms. The maximum Gasteiger partial charge on any atom is 0.256 e. The number of hydrogen-bond acceptors (Lipinski definition) is 14. The van der Waals surface area contributed by atoms with Crippen molar-refractivity contribution in [2.75, 3.05) is 75.7 Å². The maximum absolute atomic E-state index is 15.3. The zero-order chi connectivity index (χ0) is 70.5. The van der Waals surface area contributed by atoms with E-state index in [1.54, 1.807) is 47.6 Å². The number of carbonyl (C=O) groups is 11. The fraction of sp³-hybridized carbons (Fsp3) is 0.803. The third-order valence-corrected chi connectivity index (χ3v) is 18.3. The fourth-order valence-corrected chi connectivity index (χ4v) is 12.6. The van der Waals surface area contributed by atoms with Gasteiger partial charge in [0.25, 0.3) is 5.91 Å². The standard InChI is InChI=1S/C66H120N12O12S/c1-27-29-30-43(15)54(79)53-58(83)69-46(28-2)60(85)78(26)66(91-32-31-71(18)19)65(90)73(21)48(34-38(5)6)57(82)70-51(41(11)12)63(88)72(20)47(33-37(3)4)56(81)67-44(16)55(80)68-45(17)59(84)74(22)49(35-39(7)8)61(86)75(23)50(36-40(9)10)62(87)76(24)52(42(13)14)64(89)77(53)25/h27,29,37-54,66,79H,28,30-36H2,1-26H3,(H,67,81)(H,68,80)(H,69,83)(H,70,82)/b29-27+/t43-,44+,45-,46+,47+,48+,49+,50+,51+,52+,53+,54-,66+/m1/s1. The van der Waals surface area contributed by atoms with Crippen molar-refractivity contribution in [3.8, 4) is 0 Å². The number of carbonyl (C=O) groups excluding carboxylic acids is 11. The molecular weight excluding hydrogens is 1180 g/mol. The lowest BCUT2D eigenvalue weighted by atomic mass is 9.91. The van der Waals surface area contributed by atoms with E-state index in [-0.39, 0.29) is 55.8 Å². The van der Waals surface area contributed by atoms with Crippen LogP contribution < -0.4 is 21.3 Å². The van der Waals surface area contributed by atoms with Gasteiger partial charge in [-0.3, -0.25) is 52.7 Å². The van der Waals surface area contributed by atoms with Gasteiger partial charge in [-0.25, -0.2) is 0 Å². The first-order chi connectivity index (χ1) is 42.0. The fourth-order valence-electron chi connectivity index (χ4n) is 11.2. The summed E-state index contributed by atoms with van der Waals surface area (Å²) in [6, 6.07) is -12.5. The zero-order valence-corrected chi connectivity index (χ0v) is 61.0. The van der Waals surface area contributed by atoms with Crippen LogP contribution in [-0.2, 0) is 52.7 Å². The van der Waals surface area contributed by atoms with Crippen molar-refractivity contribution in [3.05, 3.63) is 12.2 Å². The van der Waals surface area contributed by atoms with Gasteiger partial charge in [0.05, 0.1) is 6.10 Å². The molecule has 0 aromatic rings. The predicted molar refractivity (Wildman–Crippen MR) is 358 cm³/mol. The number of nitrogens with zero attached hydrogens (tertiary/aromatic N) is 8. The van der Waals surface area contributed by atoms with Gasteiger partial charge in [-0.15, -0.1) is 11.8 Å². The number of nitrogens with one attached hydrogen (secondary N) is 4. The molecule has 0 unspecified atom stereocenters. The monoisotopic (exact) mass is 1300 g/mol. The van der Waals surface area contributed by atoms with Gasteiger partial charge in [-0.05, 0) is 115 Å². The van der Waals surface area contributed by atoms with E-state index in [4.69, 9.17) is 0 Å². The van der Waals surface area contributed by atoms with Crippen molar-refractivity contribution in [1.82, 2.24) is 60.5 Å². The molecule has 1 aliphatic rings. The van der Waals surface area contributed by atoms with Crippen LogP contribution in [0.3, 0.4) is 0 Å². The molecular formula is C66H120N12O12S. The Morgan fingerprint density at radius 1 is 0.473 bits per heavy atom. The molecule has 24 nitrogen and oxygen atoms in total. The molecule has 1 saturated heterocycles. The third kappa shape index (κ3) is 23.9. The van der Waals surface area contributed by atoms with Gasteiger partial charge in [0.2, 0.25) is 59.1 Å².